The van der Waals surface area contributed by atoms with Crippen molar-refractivity contribution in [2.75, 3.05) is 0 Å². The van der Waals surface area contributed by atoms with Gasteiger partial charge in [-0.25, -0.2) is 18.1 Å². The van der Waals surface area contributed by atoms with Crippen LogP contribution in [0, 0.1) is 6.92 Å². The third-order valence-electron chi connectivity index (χ3n) is 3.32. The molecule has 0 saturated heterocycles. The summed E-state index contributed by atoms with van der Waals surface area (Å²) in [6, 6.07) is 3.84. The number of aromatic nitrogens is 3. The van der Waals surface area contributed by atoms with E-state index in [1.54, 1.807) is 6.07 Å². The van der Waals surface area contributed by atoms with Gasteiger partial charge in [0.15, 0.2) is 10.7 Å². The summed E-state index contributed by atoms with van der Waals surface area (Å²) in [4.78, 5) is 3.90. The number of H-pyrrole nitrogens is 1. The highest BCUT2D eigenvalue weighted by Gasteiger charge is 2.35. The van der Waals surface area contributed by atoms with E-state index in [2.05, 4.69) is 24.3 Å². The van der Waals surface area contributed by atoms with Crippen LogP contribution in [0.2, 0.25) is 0 Å². The minimum absolute atomic E-state index is 0.0128. The summed E-state index contributed by atoms with van der Waals surface area (Å²) in [6.07, 6.45) is -3.17. The highest BCUT2D eigenvalue weighted by Crippen LogP contribution is 2.32. The summed E-state index contributed by atoms with van der Waals surface area (Å²) < 4.78 is 69.3. The number of aryl methyl sites for hydroxylation is 1. The molecule has 3 rings (SSSR count). The second-order valence-corrected chi connectivity index (χ2v) is 6.65. The SMILES string of the molecule is Cc1oc(C(F)(F)F)cc1CNS(=O)(=O)c1[nH]nc2ncccc12. The molecule has 0 saturated carbocycles. The zero-order chi connectivity index (χ0) is 17.5. The maximum Gasteiger partial charge on any atom is 0.449 e. The summed E-state index contributed by atoms with van der Waals surface area (Å²) in [7, 11) is -4.02. The van der Waals surface area contributed by atoms with Gasteiger partial charge in [-0.3, -0.25) is 5.10 Å². The molecule has 11 heteroatoms. The molecule has 0 aromatic carbocycles. The minimum Gasteiger partial charge on any atom is -0.456 e. The first-order valence-electron chi connectivity index (χ1n) is 6.64. The van der Waals surface area contributed by atoms with E-state index >= 15 is 0 Å². The molecule has 0 unspecified atom stereocenters. The smallest absolute Gasteiger partial charge is 0.449 e. The monoisotopic (exact) mass is 360 g/mol. The molecule has 0 bridgehead atoms. The number of nitrogens with one attached hydrogen (secondary N) is 2. The summed E-state index contributed by atoms with van der Waals surface area (Å²) >= 11 is 0. The number of nitrogens with zero attached hydrogens (tertiary/aromatic N) is 2. The number of fused-ring (bicyclic) bond motifs is 1. The van der Waals surface area contributed by atoms with E-state index in [1.807, 2.05) is 0 Å². The number of alkyl halides is 3. The molecule has 0 spiro atoms. The van der Waals surface area contributed by atoms with Crippen molar-refractivity contribution in [2.24, 2.45) is 0 Å². The van der Waals surface area contributed by atoms with Crippen LogP contribution in [0.1, 0.15) is 17.1 Å². The molecule has 3 aromatic rings. The summed E-state index contributed by atoms with van der Waals surface area (Å²) in [5.41, 5.74) is 0.310. The Kier molecular flexibility index (Phi) is 3.84. The van der Waals surface area contributed by atoms with Crippen molar-refractivity contribution in [3.8, 4) is 0 Å². The van der Waals surface area contributed by atoms with Crippen molar-refractivity contribution in [2.45, 2.75) is 24.7 Å². The molecule has 0 radical (unpaired) electrons. The van der Waals surface area contributed by atoms with Gasteiger partial charge in [-0.15, -0.1) is 0 Å². The lowest BCUT2D eigenvalue weighted by Crippen LogP contribution is -2.24. The maximum absolute atomic E-state index is 12.6. The van der Waals surface area contributed by atoms with E-state index in [-0.39, 0.29) is 33.9 Å². The van der Waals surface area contributed by atoms with Crippen LogP contribution < -0.4 is 4.72 Å². The lowest BCUT2D eigenvalue weighted by molar-refractivity contribution is -0.153. The zero-order valence-electron chi connectivity index (χ0n) is 12.2. The number of hydrogen-bond acceptors (Lipinski definition) is 5. The van der Waals surface area contributed by atoms with Gasteiger partial charge in [-0.1, -0.05) is 0 Å². The van der Waals surface area contributed by atoms with Crippen LogP contribution in [0.25, 0.3) is 11.0 Å². The molecule has 3 heterocycles. The fraction of sp³-hybridized carbons (Fsp3) is 0.231. The normalized spacial score (nSPS) is 12.8. The first kappa shape index (κ1) is 16.5. The van der Waals surface area contributed by atoms with Crippen LogP contribution in [0.4, 0.5) is 13.2 Å². The predicted molar refractivity (Wildman–Crippen MR) is 76.4 cm³/mol. The Morgan fingerprint density at radius 1 is 1.38 bits per heavy atom. The Morgan fingerprint density at radius 2 is 2.12 bits per heavy atom. The Bertz CT molecular complexity index is 991. The summed E-state index contributed by atoms with van der Waals surface area (Å²) in [6.45, 7) is 0.975. The lowest BCUT2D eigenvalue weighted by atomic mass is 10.2. The molecule has 0 aliphatic carbocycles. The van der Waals surface area contributed by atoms with E-state index in [4.69, 9.17) is 0 Å². The largest absolute Gasteiger partial charge is 0.456 e. The van der Waals surface area contributed by atoms with E-state index < -0.39 is 22.0 Å². The Balaban J connectivity index is 1.85. The number of sulfonamides is 1. The van der Waals surface area contributed by atoms with Gasteiger partial charge in [0, 0.05) is 18.3 Å². The fourth-order valence-corrected chi connectivity index (χ4v) is 3.22. The molecule has 24 heavy (non-hydrogen) atoms. The quantitative estimate of drug-likeness (QED) is 0.744. The van der Waals surface area contributed by atoms with Crippen molar-refractivity contribution < 1.29 is 26.0 Å². The standard InChI is InChI=1S/C13H11F3N4O3S/c1-7-8(5-10(23-7)13(14,15)16)6-18-24(21,22)12-9-3-2-4-17-11(9)19-20-12/h2-5,18H,6H2,1H3,(H,17,19,20). The van der Waals surface area contributed by atoms with Gasteiger partial charge in [0.25, 0.3) is 10.0 Å². The second-order valence-electron chi connectivity index (χ2n) is 4.94. The first-order chi connectivity index (χ1) is 11.2. The number of halogens is 3. The van der Waals surface area contributed by atoms with Gasteiger partial charge in [0.05, 0.1) is 5.39 Å². The third-order valence-corrected chi connectivity index (χ3v) is 4.69. The lowest BCUT2D eigenvalue weighted by Gasteiger charge is -2.04. The molecule has 0 amide bonds. The summed E-state index contributed by atoms with van der Waals surface area (Å²) in [5.74, 6) is -1.19. The third kappa shape index (κ3) is 2.99. The molecule has 0 aliphatic rings. The average Bonchev–Trinajstić information content (AvgIpc) is 3.08. The van der Waals surface area contributed by atoms with Gasteiger partial charge < -0.3 is 4.42 Å². The van der Waals surface area contributed by atoms with Gasteiger partial charge >= 0.3 is 6.18 Å². The Hall–Kier alpha value is -2.40. The Labute approximate surface area is 133 Å². The van der Waals surface area contributed by atoms with Gasteiger partial charge in [0.1, 0.15) is 5.76 Å². The van der Waals surface area contributed by atoms with Crippen LogP contribution >= 0.6 is 0 Å². The van der Waals surface area contributed by atoms with E-state index in [9.17, 15) is 21.6 Å². The van der Waals surface area contributed by atoms with Crippen LogP contribution in [-0.4, -0.2) is 23.6 Å². The zero-order valence-corrected chi connectivity index (χ0v) is 13.0. The number of rotatable bonds is 4. The molecule has 3 aromatic heterocycles. The van der Waals surface area contributed by atoms with E-state index in [1.165, 1.54) is 19.2 Å². The average molecular weight is 360 g/mol. The van der Waals surface area contributed by atoms with Gasteiger partial charge in [0.2, 0.25) is 5.76 Å². The number of pyridine rings is 1. The maximum atomic E-state index is 12.6. The number of hydrogen-bond donors (Lipinski definition) is 2. The molecule has 128 valence electrons. The summed E-state index contributed by atoms with van der Waals surface area (Å²) in [5, 5.41) is 6.22. The molecule has 0 atom stereocenters. The van der Waals surface area contributed by atoms with Crippen molar-refractivity contribution in [1.82, 2.24) is 19.9 Å². The highest BCUT2D eigenvalue weighted by molar-refractivity contribution is 7.89. The van der Waals surface area contributed by atoms with Crippen LogP contribution in [0.15, 0.2) is 33.8 Å². The number of furan rings is 1. The number of aromatic amines is 1. The van der Waals surface area contributed by atoms with Crippen molar-refractivity contribution in [3.05, 3.63) is 41.5 Å². The highest BCUT2D eigenvalue weighted by atomic mass is 32.2. The molecule has 0 fully saturated rings. The minimum atomic E-state index is -4.63. The van der Waals surface area contributed by atoms with E-state index in [0.29, 0.717) is 0 Å². The molecule has 2 N–H and O–H groups in total. The predicted octanol–water partition coefficient (Wildman–Crippen LogP) is 2.36. The Morgan fingerprint density at radius 3 is 2.79 bits per heavy atom. The first-order valence-corrected chi connectivity index (χ1v) is 8.12. The van der Waals surface area contributed by atoms with Crippen LogP contribution in [0.5, 0.6) is 0 Å². The van der Waals surface area contributed by atoms with Gasteiger partial charge in [-0.2, -0.15) is 18.3 Å². The van der Waals surface area contributed by atoms with Gasteiger partial charge in [-0.05, 0) is 25.1 Å². The topological polar surface area (TPSA) is 101 Å². The van der Waals surface area contributed by atoms with Crippen molar-refractivity contribution in [1.29, 1.82) is 0 Å². The fourth-order valence-electron chi connectivity index (χ4n) is 2.11. The van der Waals surface area contributed by atoms with Crippen LogP contribution in [-0.2, 0) is 22.7 Å². The molecule has 0 aliphatic heterocycles. The molecular weight excluding hydrogens is 349 g/mol. The molecular formula is C13H11F3N4O3S. The second kappa shape index (κ2) is 5.60. The van der Waals surface area contributed by atoms with E-state index in [0.717, 1.165) is 6.07 Å². The van der Waals surface area contributed by atoms with Crippen molar-refractivity contribution >= 4 is 21.1 Å². The van der Waals surface area contributed by atoms with Crippen molar-refractivity contribution in [3.63, 3.8) is 0 Å². The van der Waals surface area contributed by atoms with Crippen LogP contribution in [0.3, 0.4) is 0 Å². The molecule has 7 nitrogen and oxygen atoms in total.